The van der Waals surface area contributed by atoms with Gasteiger partial charge in [-0.05, 0) is 23.1 Å². The number of benzene rings is 3. The number of nitro benzene ring substituents is 1. The van der Waals surface area contributed by atoms with Crippen molar-refractivity contribution in [3.63, 3.8) is 0 Å². The summed E-state index contributed by atoms with van der Waals surface area (Å²) in [5.41, 5.74) is 3.68. The van der Waals surface area contributed by atoms with Crippen LogP contribution in [0.2, 0.25) is 0 Å². The van der Waals surface area contributed by atoms with E-state index in [1.54, 1.807) is 12.1 Å². The zero-order valence-electron chi connectivity index (χ0n) is 12.6. The molecule has 1 atom stereocenters. The topological polar surface area (TPSA) is 43.1 Å². The van der Waals surface area contributed by atoms with Crippen LogP contribution in [0, 0.1) is 10.1 Å². The molecule has 0 fully saturated rings. The molecule has 3 nitrogen and oxygen atoms in total. The fraction of sp³-hybridized carbons (Fsp3) is 0.100. The normalized spacial score (nSPS) is 11.8. The summed E-state index contributed by atoms with van der Waals surface area (Å²) >= 11 is 0. The third kappa shape index (κ3) is 3.64. The molecule has 0 aliphatic carbocycles. The average molecular weight is 303 g/mol. The minimum atomic E-state index is -0.363. The van der Waals surface area contributed by atoms with Gasteiger partial charge in [-0.1, -0.05) is 72.8 Å². The fourth-order valence-electron chi connectivity index (χ4n) is 2.79. The Labute approximate surface area is 135 Å². The van der Waals surface area contributed by atoms with Gasteiger partial charge in [-0.2, -0.15) is 0 Å². The second-order valence-corrected chi connectivity index (χ2v) is 5.50. The van der Waals surface area contributed by atoms with E-state index in [1.807, 2.05) is 48.5 Å². The lowest BCUT2D eigenvalue weighted by atomic mass is 9.86. The van der Waals surface area contributed by atoms with Crippen LogP contribution >= 0.6 is 0 Å². The summed E-state index contributed by atoms with van der Waals surface area (Å²) in [6, 6.07) is 27.4. The molecule has 0 saturated heterocycles. The zero-order valence-corrected chi connectivity index (χ0v) is 12.6. The number of rotatable bonds is 5. The fourth-order valence-corrected chi connectivity index (χ4v) is 2.79. The number of nitrogens with zero attached hydrogens (tertiary/aromatic N) is 1. The molecule has 0 heterocycles. The van der Waals surface area contributed by atoms with Crippen molar-refractivity contribution in [2.75, 3.05) is 0 Å². The van der Waals surface area contributed by atoms with E-state index in [2.05, 4.69) is 24.3 Å². The molecule has 0 spiro atoms. The molecule has 0 saturated carbocycles. The van der Waals surface area contributed by atoms with Crippen LogP contribution in [0.1, 0.15) is 22.6 Å². The Morgan fingerprint density at radius 2 is 1.26 bits per heavy atom. The minimum absolute atomic E-state index is 0.125. The Balaban J connectivity index is 1.96. The van der Waals surface area contributed by atoms with E-state index >= 15 is 0 Å². The molecule has 0 aromatic heterocycles. The van der Waals surface area contributed by atoms with Gasteiger partial charge in [0, 0.05) is 18.1 Å². The van der Waals surface area contributed by atoms with Gasteiger partial charge in [0.2, 0.25) is 0 Å². The summed E-state index contributed by atoms with van der Waals surface area (Å²) < 4.78 is 0. The highest BCUT2D eigenvalue weighted by atomic mass is 16.6. The first-order chi connectivity index (χ1) is 11.2. The summed E-state index contributed by atoms with van der Waals surface area (Å²) in [6.45, 7) is 0. The van der Waals surface area contributed by atoms with Crippen LogP contribution in [-0.2, 0) is 6.42 Å². The molecule has 0 bridgehead atoms. The molecule has 0 radical (unpaired) electrons. The third-order valence-corrected chi connectivity index (χ3v) is 3.99. The summed E-state index contributed by atoms with van der Waals surface area (Å²) in [5, 5.41) is 10.8. The van der Waals surface area contributed by atoms with Gasteiger partial charge < -0.3 is 0 Å². The Bertz CT molecular complexity index is 768. The van der Waals surface area contributed by atoms with Gasteiger partial charge in [0.15, 0.2) is 0 Å². The van der Waals surface area contributed by atoms with E-state index in [-0.39, 0.29) is 16.5 Å². The van der Waals surface area contributed by atoms with E-state index in [9.17, 15) is 10.1 Å². The number of hydrogen-bond acceptors (Lipinski definition) is 2. The van der Waals surface area contributed by atoms with Crippen molar-refractivity contribution in [1.29, 1.82) is 0 Å². The molecule has 3 rings (SSSR count). The van der Waals surface area contributed by atoms with Gasteiger partial charge >= 0.3 is 0 Å². The molecular formula is C20H17NO2. The SMILES string of the molecule is O=[N+]([O-])c1ccc([C@@H](Cc2ccccc2)c2ccccc2)cc1. The first-order valence-corrected chi connectivity index (χ1v) is 7.57. The minimum Gasteiger partial charge on any atom is -0.258 e. The first kappa shape index (κ1) is 15.0. The average Bonchev–Trinajstić information content (AvgIpc) is 2.61. The van der Waals surface area contributed by atoms with Crippen molar-refractivity contribution in [1.82, 2.24) is 0 Å². The van der Waals surface area contributed by atoms with Crippen molar-refractivity contribution in [3.8, 4) is 0 Å². The van der Waals surface area contributed by atoms with Gasteiger partial charge in [-0.25, -0.2) is 0 Å². The first-order valence-electron chi connectivity index (χ1n) is 7.57. The van der Waals surface area contributed by atoms with E-state index in [0.29, 0.717) is 0 Å². The maximum atomic E-state index is 10.8. The number of hydrogen-bond donors (Lipinski definition) is 0. The predicted molar refractivity (Wildman–Crippen MR) is 91.5 cm³/mol. The molecule has 0 N–H and O–H groups in total. The quantitative estimate of drug-likeness (QED) is 0.493. The largest absolute Gasteiger partial charge is 0.269 e. The van der Waals surface area contributed by atoms with Gasteiger partial charge in [-0.15, -0.1) is 0 Å². The Morgan fingerprint density at radius 1 is 0.739 bits per heavy atom. The lowest BCUT2D eigenvalue weighted by Gasteiger charge is -2.18. The lowest BCUT2D eigenvalue weighted by Crippen LogP contribution is -2.05. The molecule has 3 aromatic rings. The molecule has 0 aliphatic heterocycles. The van der Waals surface area contributed by atoms with Crippen LogP contribution < -0.4 is 0 Å². The number of non-ortho nitro benzene ring substituents is 1. The van der Waals surface area contributed by atoms with Crippen molar-refractivity contribution in [2.24, 2.45) is 0 Å². The molecule has 3 heteroatoms. The van der Waals surface area contributed by atoms with Gasteiger partial charge in [0.05, 0.1) is 4.92 Å². The van der Waals surface area contributed by atoms with Crippen LogP contribution in [0.5, 0.6) is 0 Å². The van der Waals surface area contributed by atoms with Gasteiger partial charge in [0.1, 0.15) is 0 Å². The van der Waals surface area contributed by atoms with Crippen molar-refractivity contribution in [2.45, 2.75) is 12.3 Å². The van der Waals surface area contributed by atoms with Crippen molar-refractivity contribution >= 4 is 5.69 Å². The van der Waals surface area contributed by atoms with Gasteiger partial charge in [0.25, 0.3) is 5.69 Å². The van der Waals surface area contributed by atoms with Crippen molar-refractivity contribution in [3.05, 3.63) is 112 Å². The highest BCUT2D eigenvalue weighted by Gasteiger charge is 2.16. The van der Waals surface area contributed by atoms with E-state index in [4.69, 9.17) is 0 Å². The van der Waals surface area contributed by atoms with Crippen LogP contribution in [0.15, 0.2) is 84.9 Å². The molecule has 0 unspecified atom stereocenters. The van der Waals surface area contributed by atoms with Crippen molar-refractivity contribution < 1.29 is 4.92 Å². The third-order valence-electron chi connectivity index (χ3n) is 3.99. The standard InChI is InChI=1S/C20H17NO2/c22-21(23)19-13-11-18(12-14-19)20(17-9-5-2-6-10-17)15-16-7-3-1-4-8-16/h1-14,20H,15H2/t20-/m0/s1. The summed E-state index contributed by atoms with van der Waals surface area (Å²) in [4.78, 5) is 10.5. The highest BCUT2D eigenvalue weighted by Crippen LogP contribution is 2.29. The Hall–Kier alpha value is -2.94. The van der Waals surface area contributed by atoms with Crippen LogP contribution in [0.25, 0.3) is 0 Å². The second kappa shape index (κ2) is 6.88. The molecular weight excluding hydrogens is 286 g/mol. The second-order valence-electron chi connectivity index (χ2n) is 5.50. The van der Waals surface area contributed by atoms with Crippen LogP contribution in [0.3, 0.4) is 0 Å². The Kier molecular flexibility index (Phi) is 4.48. The monoisotopic (exact) mass is 303 g/mol. The maximum Gasteiger partial charge on any atom is 0.269 e. The smallest absolute Gasteiger partial charge is 0.258 e. The van der Waals surface area contributed by atoms with E-state index < -0.39 is 0 Å². The molecule has 114 valence electrons. The van der Waals surface area contributed by atoms with Crippen LogP contribution in [0.4, 0.5) is 5.69 Å². The van der Waals surface area contributed by atoms with E-state index in [0.717, 1.165) is 12.0 Å². The maximum absolute atomic E-state index is 10.8. The zero-order chi connectivity index (χ0) is 16.1. The molecule has 0 amide bonds. The summed E-state index contributed by atoms with van der Waals surface area (Å²) in [6.07, 6.45) is 0.864. The van der Waals surface area contributed by atoms with E-state index in [1.165, 1.54) is 11.1 Å². The Morgan fingerprint density at radius 3 is 1.83 bits per heavy atom. The van der Waals surface area contributed by atoms with Gasteiger partial charge in [-0.3, -0.25) is 10.1 Å². The molecule has 3 aromatic carbocycles. The summed E-state index contributed by atoms with van der Waals surface area (Å²) in [7, 11) is 0. The summed E-state index contributed by atoms with van der Waals surface area (Å²) in [5.74, 6) is 0.180. The molecule has 23 heavy (non-hydrogen) atoms. The lowest BCUT2D eigenvalue weighted by molar-refractivity contribution is -0.384. The van der Waals surface area contributed by atoms with Crippen LogP contribution in [-0.4, -0.2) is 4.92 Å². The predicted octanol–water partition coefficient (Wildman–Crippen LogP) is 4.97. The number of nitro groups is 1. The highest BCUT2D eigenvalue weighted by molar-refractivity contribution is 5.40. The molecule has 0 aliphatic rings.